The Morgan fingerprint density at radius 3 is 2.61 bits per heavy atom. The number of hydrogen-bond donors (Lipinski definition) is 1. The molecule has 4 aromatic rings. The molecule has 1 N–H and O–H groups in total. The van der Waals surface area contributed by atoms with Crippen molar-refractivity contribution in [3.63, 3.8) is 0 Å². The van der Waals surface area contributed by atoms with Crippen LogP contribution in [0.4, 0.5) is 5.69 Å². The number of nitrogens with one attached hydrogen (secondary N) is 1. The third kappa shape index (κ3) is 3.84. The number of amides is 1. The fraction of sp³-hybridized carbons (Fsp3) is 0.143. The Hall–Kier alpha value is -3.32. The van der Waals surface area contributed by atoms with E-state index >= 15 is 0 Å². The first-order valence-corrected chi connectivity index (χ1v) is 9.66. The van der Waals surface area contributed by atoms with Gasteiger partial charge in [0.05, 0.1) is 5.39 Å². The van der Waals surface area contributed by atoms with E-state index in [2.05, 4.69) is 15.3 Å². The van der Waals surface area contributed by atoms with Gasteiger partial charge in [-0.25, -0.2) is 9.78 Å². The van der Waals surface area contributed by atoms with Crippen molar-refractivity contribution in [2.75, 3.05) is 5.32 Å². The van der Waals surface area contributed by atoms with Gasteiger partial charge in [0.2, 0.25) is 0 Å². The van der Waals surface area contributed by atoms with Gasteiger partial charge in [-0.15, -0.1) is 11.3 Å². The minimum absolute atomic E-state index is 0.180. The molecule has 0 unspecified atom stereocenters. The summed E-state index contributed by atoms with van der Waals surface area (Å²) in [5, 5.41) is 5.34. The van der Waals surface area contributed by atoms with Crippen molar-refractivity contribution >= 4 is 33.1 Å². The summed E-state index contributed by atoms with van der Waals surface area (Å²) >= 11 is 1.45. The second-order valence-electron chi connectivity index (χ2n) is 6.38. The van der Waals surface area contributed by atoms with Crippen molar-refractivity contribution in [3.8, 4) is 0 Å². The van der Waals surface area contributed by atoms with Crippen LogP contribution in [-0.4, -0.2) is 15.9 Å². The molecule has 1 amide bonds. The van der Waals surface area contributed by atoms with Crippen molar-refractivity contribution < 1.29 is 9.21 Å². The lowest BCUT2D eigenvalue weighted by Crippen LogP contribution is -2.11. The van der Waals surface area contributed by atoms with E-state index < -0.39 is 0 Å². The minimum Gasteiger partial charge on any atom is -0.408 e. The Morgan fingerprint density at radius 1 is 1.11 bits per heavy atom. The zero-order chi connectivity index (χ0) is 19.5. The molecule has 28 heavy (non-hydrogen) atoms. The molecular weight excluding hydrogens is 374 g/mol. The number of anilines is 1. The number of hydrogen-bond acceptors (Lipinski definition) is 6. The molecule has 0 saturated carbocycles. The Labute approximate surface area is 164 Å². The summed E-state index contributed by atoms with van der Waals surface area (Å²) < 4.78 is 5.35. The van der Waals surface area contributed by atoms with Gasteiger partial charge in [-0.1, -0.05) is 12.1 Å². The molecule has 4 rings (SSSR count). The molecule has 3 heterocycles. The lowest BCUT2D eigenvalue weighted by atomic mass is 10.1. The van der Waals surface area contributed by atoms with Gasteiger partial charge in [-0.2, -0.15) is 0 Å². The zero-order valence-electron chi connectivity index (χ0n) is 15.1. The van der Waals surface area contributed by atoms with Crippen LogP contribution in [0.2, 0.25) is 0 Å². The van der Waals surface area contributed by atoms with Crippen LogP contribution in [0, 0.1) is 6.92 Å². The highest BCUT2D eigenvalue weighted by Gasteiger charge is 2.11. The van der Waals surface area contributed by atoms with Gasteiger partial charge >= 0.3 is 5.63 Å². The van der Waals surface area contributed by atoms with Gasteiger partial charge < -0.3 is 9.73 Å². The maximum absolute atomic E-state index is 12.2. The normalized spacial score (nSPS) is 10.9. The average Bonchev–Trinajstić information content (AvgIpc) is 3.09. The smallest absolute Gasteiger partial charge is 0.347 e. The van der Waals surface area contributed by atoms with Crippen LogP contribution in [0.15, 0.2) is 63.4 Å². The van der Waals surface area contributed by atoms with Gasteiger partial charge in [0.25, 0.3) is 5.91 Å². The number of aromatic nitrogens is 2. The number of aryl methyl sites for hydroxylation is 3. The summed E-state index contributed by atoms with van der Waals surface area (Å²) in [7, 11) is 0. The number of benzene rings is 1. The molecule has 140 valence electrons. The quantitative estimate of drug-likeness (QED) is 0.556. The first kappa shape index (κ1) is 18.1. The molecule has 6 nitrogen and oxygen atoms in total. The zero-order valence-corrected chi connectivity index (χ0v) is 16.0. The highest BCUT2D eigenvalue weighted by Crippen LogP contribution is 2.21. The number of carbonyl (C=O) groups excluding carboxylic acids is 1. The predicted molar refractivity (Wildman–Crippen MR) is 109 cm³/mol. The monoisotopic (exact) mass is 391 g/mol. The number of thiophene rings is 1. The molecule has 0 aliphatic rings. The number of fused-ring (bicyclic) bond motifs is 1. The molecule has 0 saturated heterocycles. The Kier molecular flexibility index (Phi) is 4.99. The van der Waals surface area contributed by atoms with Crippen LogP contribution in [-0.2, 0) is 12.8 Å². The second-order valence-corrected chi connectivity index (χ2v) is 7.24. The van der Waals surface area contributed by atoms with Crippen LogP contribution >= 0.6 is 11.3 Å². The lowest BCUT2D eigenvalue weighted by molar-refractivity contribution is 0.102. The highest BCUT2D eigenvalue weighted by atomic mass is 32.1. The molecule has 7 heteroatoms. The topological polar surface area (TPSA) is 85.1 Å². The summed E-state index contributed by atoms with van der Waals surface area (Å²) in [6, 6.07) is 10.9. The molecular formula is C21H17N3O3S. The van der Waals surface area contributed by atoms with Crippen LogP contribution < -0.4 is 10.9 Å². The Bertz CT molecular complexity index is 1180. The standard InChI is InChI=1S/C21H17N3O3S/c1-13-12-28-20-18(13)21(26)27-17(24-20)7-4-14-2-5-16(6-3-14)23-19(25)15-8-10-22-11-9-15/h2-3,5-6,8-12H,4,7H2,1H3,(H,23,25). The van der Waals surface area contributed by atoms with Crippen molar-refractivity contribution in [2.45, 2.75) is 19.8 Å². The number of nitrogens with zero attached hydrogens (tertiary/aromatic N) is 2. The summed E-state index contributed by atoms with van der Waals surface area (Å²) in [4.78, 5) is 33.4. The SMILES string of the molecule is Cc1csc2nc(CCc3ccc(NC(=O)c4ccncc4)cc3)oc(=O)c12. The molecule has 0 aliphatic heterocycles. The largest absolute Gasteiger partial charge is 0.408 e. The van der Waals surface area contributed by atoms with Crippen molar-refractivity contribution in [3.05, 3.63) is 87.2 Å². The van der Waals surface area contributed by atoms with E-state index in [0.717, 1.165) is 16.0 Å². The predicted octanol–water partition coefficient (Wildman–Crippen LogP) is 3.99. The maximum atomic E-state index is 12.2. The van der Waals surface area contributed by atoms with Crippen LogP contribution in [0.1, 0.15) is 27.4 Å². The van der Waals surface area contributed by atoms with Gasteiger partial charge in [0.15, 0.2) is 5.89 Å². The van der Waals surface area contributed by atoms with Crippen molar-refractivity contribution in [1.82, 2.24) is 9.97 Å². The lowest BCUT2D eigenvalue weighted by Gasteiger charge is -2.06. The Morgan fingerprint density at radius 2 is 1.86 bits per heavy atom. The molecule has 1 aromatic carbocycles. The van der Waals surface area contributed by atoms with E-state index in [4.69, 9.17) is 4.42 Å². The summed E-state index contributed by atoms with van der Waals surface area (Å²) in [5.74, 6) is 0.259. The summed E-state index contributed by atoms with van der Waals surface area (Å²) in [6.07, 6.45) is 4.38. The molecule has 0 fully saturated rings. The first-order chi connectivity index (χ1) is 13.6. The average molecular weight is 391 g/mol. The van der Waals surface area contributed by atoms with Crippen molar-refractivity contribution in [2.24, 2.45) is 0 Å². The fourth-order valence-corrected chi connectivity index (χ4v) is 3.80. The summed E-state index contributed by atoms with van der Waals surface area (Å²) in [5.41, 5.74) is 2.91. The van der Waals surface area contributed by atoms with Gasteiger partial charge in [0.1, 0.15) is 4.83 Å². The third-order valence-corrected chi connectivity index (χ3v) is 5.37. The maximum Gasteiger partial charge on any atom is 0.347 e. The van der Waals surface area contributed by atoms with E-state index in [-0.39, 0.29) is 11.5 Å². The van der Waals surface area contributed by atoms with Crippen molar-refractivity contribution in [1.29, 1.82) is 0 Å². The van der Waals surface area contributed by atoms with E-state index in [1.165, 1.54) is 11.3 Å². The number of pyridine rings is 1. The second kappa shape index (κ2) is 7.74. The number of rotatable bonds is 5. The molecule has 0 atom stereocenters. The van der Waals surface area contributed by atoms with E-state index in [1.807, 2.05) is 36.6 Å². The molecule has 0 radical (unpaired) electrons. The van der Waals surface area contributed by atoms with Gasteiger partial charge in [-0.05, 0) is 54.1 Å². The van der Waals surface area contributed by atoms with Crippen LogP contribution in [0.3, 0.4) is 0 Å². The van der Waals surface area contributed by atoms with E-state index in [9.17, 15) is 9.59 Å². The molecule has 0 aliphatic carbocycles. The highest BCUT2D eigenvalue weighted by molar-refractivity contribution is 7.16. The van der Waals surface area contributed by atoms with Gasteiger partial charge in [-0.3, -0.25) is 9.78 Å². The fourth-order valence-electron chi connectivity index (χ4n) is 2.87. The van der Waals surface area contributed by atoms with Gasteiger partial charge in [0, 0.05) is 30.1 Å². The minimum atomic E-state index is -0.326. The van der Waals surface area contributed by atoms with E-state index in [0.29, 0.717) is 35.4 Å². The van der Waals surface area contributed by atoms with Crippen LogP contribution in [0.5, 0.6) is 0 Å². The molecule has 3 aromatic heterocycles. The van der Waals surface area contributed by atoms with E-state index in [1.54, 1.807) is 24.5 Å². The molecule has 0 spiro atoms. The summed E-state index contributed by atoms with van der Waals surface area (Å²) in [6.45, 7) is 1.88. The third-order valence-electron chi connectivity index (χ3n) is 4.38. The first-order valence-electron chi connectivity index (χ1n) is 8.78. The molecule has 0 bridgehead atoms. The van der Waals surface area contributed by atoms with Crippen LogP contribution in [0.25, 0.3) is 10.2 Å². The number of carbonyl (C=O) groups is 1. The Balaban J connectivity index is 1.41.